The number of hydrogen-bond donors (Lipinski definition) is 1. The zero-order chi connectivity index (χ0) is 18.9. The SMILES string of the molecule is CCC(NC(=O)CCCOc1ccc(C)cc1)c1ccc(OC)c(C)c1. The van der Waals surface area contributed by atoms with Crippen LogP contribution in [0.2, 0.25) is 0 Å². The van der Waals surface area contributed by atoms with Crippen LogP contribution in [0.25, 0.3) is 0 Å². The molecule has 4 heteroatoms. The molecule has 2 rings (SSSR count). The second-order valence-corrected chi connectivity index (χ2v) is 6.52. The van der Waals surface area contributed by atoms with Crippen molar-refractivity contribution in [2.45, 2.75) is 46.1 Å². The molecule has 0 aromatic heterocycles. The molecule has 2 aromatic rings. The Hall–Kier alpha value is -2.49. The summed E-state index contributed by atoms with van der Waals surface area (Å²) in [6, 6.07) is 14.0. The molecule has 0 fully saturated rings. The Morgan fingerprint density at radius 2 is 1.85 bits per heavy atom. The van der Waals surface area contributed by atoms with Crippen LogP contribution in [0.5, 0.6) is 11.5 Å². The minimum atomic E-state index is 0.0186. The van der Waals surface area contributed by atoms with Crippen molar-refractivity contribution in [1.29, 1.82) is 0 Å². The average Bonchev–Trinajstić information content (AvgIpc) is 2.64. The van der Waals surface area contributed by atoms with Gasteiger partial charge < -0.3 is 14.8 Å². The first-order valence-corrected chi connectivity index (χ1v) is 9.16. The van der Waals surface area contributed by atoms with Gasteiger partial charge in [-0.1, -0.05) is 36.8 Å². The van der Waals surface area contributed by atoms with Gasteiger partial charge in [0.1, 0.15) is 11.5 Å². The lowest BCUT2D eigenvalue weighted by atomic mass is 10.0. The number of carbonyl (C=O) groups is 1. The largest absolute Gasteiger partial charge is 0.496 e. The molecule has 0 aliphatic rings. The monoisotopic (exact) mass is 355 g/mol. The number of nitrogens with one attached hydrogen (secondary N) is 1. The Labute approximate surface area is 156 Å². The fraction of sp³-hybridized carbons (Fsp3) is 0.409. The molecule has 0 bridgehead atoms. The van der Waals surface area contributed by atoms with Crippen molar-refractivity contribution in [3.63, 3.8) is 0 Å². The van der Waals surface area contributed by atoms with Crippen LogP contribution in [0, 0.1) is 13.8 Å². The fourth-order valence-corrected chi connectivity index (χ4v) is 2.86. The lowest BCUT2D eigenvalue weighted by Crippen LogP contribution is -2.28. The highest BCUT2D eigenvalue weighted by Gasteiger charge is 2.14. The molecule has 0 aliphatic carbocycles. The van der Waals surface area contributed by atoms with Gasteiger partial charge in [-0.15, -0.1) is 0 Å². The van der Waals surface area contributed by atoms with Gasteiger partial charge in [0.25, 0.3) is 0 Å². The molecule has 0 radical (unpaired) electrons. The standard InChI is InChI=1S/C22H29NO3/c1-5-20(18-10-13-21(25-4)17(3)15-18)23-22(24)7-6-14-26-19-11-8-16(2)9-12-19/h8-13,15,20H,5-7,14H2,1-4H3,(H,23,24). The third kappa shape index (κ3) is 5.80. The molecule has 140 valence electrons. The van der Waals surface area contributed by atoms with E-state index in [1.165, 1.54) is 5.56 Å². The van der Waals surface area contributed by atoms with Crippen LogP contribution in [0.15, 0.2) is 42.5 Å². The van der Waals surface area contributed by atoms with Crippen molar-refractivity contribution in [3.8, 4) is 11.5 Å². The minimum Gasteiger partial charge on any atom is -0.496 e. The maximum Gasteiger partial charge on any atom is 0.220 e. The summed E-state index contributed by atoms with van der Waals surface area (Å²) in [4.78, 5) is 12.3. The quantitative estimate of drug-likeness (QED) is 0.661. The molecule has 0 saturated heterocycles. The number of ether oxygens (including phenoxy) is 2. The molecule has 0 heterocycles. The van der Waals surface area contributed by atoms with Gasteiger partial charge in [-0.05, 0) is 56.0 Å². The van der Waals surface area contributed by atoms with Crippen LogP contribution in [-0.4, -0.2) is 19.6 Å². The summed E-state index contributed by atoms with van der Waals surface area (Å²) in [6.45, 7) is 6.67. The molecule has 1 atom stereocenters. The summed E-state index contributed by atoms with van der Waals surface area (Å²) in [7, 11) is 1.67. The van der Waals surface area contributed by atoms with Crippen LogP contribution >= 0.6 is 0 Å². The Morgan fingerprint density at radius 1 is 1.12 bits per heavy atom. The van der Waals surface area contributed by atoms with E-state index in [0.717, 1.165) is 29.0 Å². The van der Waals surface area contributed by atoms with E-state index in [1.54, 1.807) is 7.11 Å². The molecule has 1 N–H and O–H groups in total. The molecular weight excluding hydrogens is 326 g/mol. The summed E-state index contributed by atoms with van der Waals surface area (Å²) in [5.41, 5.74) is 3.38. The zero-order valence-corrected chi connectivity index (χ0v) is 16.2. The van der Waals surface area contributed by atoms with Crippen molar-refractivity contribution >= 4 is 5.91 Å². The van der Waals surface area contributed by atoms with Crippen molar-refractivity contribution in [3.05, 3.63) is 59.2 Å². The van der Waals surface area contributed by atoms with E-state index >= 15 is 0 Å². The Kier molecular flexibility index (Phi) is 7.52. The summed E-state index contributed by atoms with van der Waals surface area (Å²) in [6.07, 6.45) is 1.99. The van der Waals surface area contributed by atoms with Gasteiger partial charge in [0.2, 0.25) is 5.91 Å². The van der Waals surface area contributed by atoms with Crippen LogP contribution in [0.4, 0.5) is 0 Å². The second kappa shape index (κ2) is 9.85. The predicted octanol–water partition coefficient (Wildman–Crippen LogP) is 4.74. The van der Waals surface area contributed by atoms with Crippen LogP contribution in [0.3, 0.4) is 0 Å². The predicted molar refractivity (Wildman–Crippen MR) is 105 cm³/mol. The number of rotatable bonds is 9. The summed E-state index contributed by atoms with van der Waals surface area (Å²) >= 11 is 0. The van der Waals surface area contributed by atoms with E-state index in [4.69, 9.17) is 9.47 Å². The first-order valence-electron chi connectivity index (χ1n) is 9.16. The van der Waals surface area contributed by atoms with E-state index < -0.39 is 0 Å². The van der Waals surface area contributed by atoms with E-state index in [1.807, 2.05) is 50.2 Å². The first-order chi connectivity index (χ1) is 12.5. The van der Waals surface area contributed by atoms with Crippen molar-refractivity contribution in [2.24, 2.45) is 0 Å². The van der Waals surface area contributed by atoms with E-state index in [2.05, 4.69) is 18.3 Å². The number of aryl methyl sites for hydroxylation is 2. The van der Waals surface area contributed by atoms with Crippen molar-refractivity contribution in [2.75, 3.05) is 13.7 Å². The highest BCUT2D eigenvalue weighted by atomic mass is 16.5. The number of methoxy groups -OCH3 is 1. The van der Waals surface area contributed by atoms with Crippen LogP contribution in [0.1, 0.15) is 48.9 Å². The molecule has 1 amide bonds. The molecule has 1 unspecified atom stereocenters. The Balaban J connectivity index is 1.79. The van der Waals surface area contributed by atoms with Gasteiger partial charge >= 0.3 is 0 Å². The highest BCUT2D eigenvalue weighted by molar-refractivity contribution is 5.76. The van der Waals surface area contributed by atoms with E-state index in [-0.39, 0.29) is 11.9 Å². The molecule has 0 spiro atoms. The second-order valence-electron chi connectivity index (χ2n) is 6.52. The molecule has 2 aromatic carbocycles. The third-order valence-electron chi connectivity index (χ3n) is 4.40. The topological polar surface area (TPSA) is 47.6 Å². The first kappa shape index (κ1) is 19.8. The van der Waals surface area contributed by atoms with Crippen molar-refractivity contribution in [1.82, 2.24) is 5.32 Å². The number of amides is 1. The third-order valence-corrected chi connectivity index (χ3v) is 4.40. The van der Waals surface area contributed by atoms with Crippen molar-refractivity contribution < 1.29 is 14.3 Å². The fourth-order valence-electron chi connectivity index (χ4n) is 2.86. The molecule has 26 heavy (non-hydrogen) atoms. The lowest BCUT2D eigenvalue weighted by Gasteiger charge is -2.19. The highest BCUT2D eigenvalue weighted by Crippen LogP contribution is 2.24. The van der Waals surface area contributed by atoms with Gasteiger partial charge in [0, 0.05) is 6.42 Å². The number of benzene rings is 2. The van der Waals surface area contributed by atoms with Crippen LogP contribution < -0.4 is 14.8 Å². The summed E-state index contributed by atoms with van der Waals surface area (Å²) in [5.74, 6) is 1.76. The molecule has 4 nitrogen and oxygen atoms in total. The van der Waals surface area contributed by atoms with Gasteiger partial charge in [-0.3, -0.25) is 4.79 Å². The smallest absolute Gasteiger partial charge is 0.220 e. The number of hydrogen-bond acceptors (Lipinski definition) is 3. The van der Waals surface area contributed by atoms with E-state index in [9.17, 15) is 4.79 Å². The normalized spacial score (nSPS) is 11.7. The summed E-state index contributed by atoms with van der Waals surface area (Å²) in [5, 5.41) is 3.12. The van der Waals surface area contributed by atoms with E-state index in [0.29, 0.717) is 19.4 Å². The molecule has 0 saturated carbocycles. The van der Waals surface area contributed by atoms with Gasteiger partial charge in [0.15, 0.2) is 0 Å². The molecule has 0 aliphatic heterocycles. The number of carbonyl (C=O) groups excluding carboxylic acids is 1. The summed E-state index contributed by atoms with van der Waals surface area (Å²) < 4.78 is 11.0. The molecular formula is C22H29NO3. The van der Waals surface area contributed by atoms with Gasteiger partial charge in [-0.2, -0.15) is 0 Å². The maximum absolute atomic E-state index is 12.3. The maximum atomic E-state index is 12.3. The zero-order valence-electron chi connectivity index (χ0n) is 16.2. The Bertz CT molecular complexity index is 710. The lowest BCUT2D eigenvalue weighted by molar-refractivity contribution is -0.122. The van der Waals surface area contributed by atoms with Gasteiger partial charge in [0.05, 0.1) is 19.8 Å². The van der Waals surface area contributed by atoms with Gasteiger partial charge in [-0.25, -0.2) is 0 Å². The average molecular weight is 355 g/mol. The minimum absolute atomic E-state index is 0.0186. The Morgan fingerprint density at radius 3 is 2.46 bits per heavy atom. The van der Waals surface area contributed by atoms with Crippen LogP contribution in [-0.2, 0) is 4.79 Å².